The standard InChI is InChI=1S/C17H18ClN5O2S/c1-10-7-12(10)14-8-17(21-20-14)22-26(24,25)16-9-19-23(11(16)2)15-6-4-3-5-13(15)18/h3-6,8-10,12H,7H2,1-2H3,(H2,20,21,22). The summed E-state index contributed by atoms with van der Waals surface area (Å²) >= 11 is 6.19. The van der Waals surface area contributed by atoms with Crippen molar-refractivity contribution in [2.24, 2.45) is 5.92 Å². The number of aromatic amines is 1. The van der Waals surface area contributed by atoms with Gasteiger partial charge >= 0.3 is 0 Å². The molecule has 0 saturated heterocycles. The predicted octanol–water partition coefficient (Wildman–Crippen LogP) is 3.48. The molecule has 0 aliphatic heterocycles. The highest BCUT2D eigenvalue weighted by molar-refractivity contribution is 7.92. The van der Waals surface area contributed by atoms with Crippen LogP contribution in [0.1, 0.15) is 30.7 Å². The quantitative estimate of drug-likeness (QED) is 0.696. The van der Waals surface area contributed by atoms with Crippen LogP contribution in [0, 0.1) is 12.8 Å². The number of nitrogens with one attached hydrogen (secondary N) is 2. The molecule has 1 aromatic carbocycles. The highest BCUT2D eigenvalue weighted by Gasteiger charge is 2.35. The van der Waals surface area contributed by atoms with Gasteiger partial charge in [0.05, 0.1) is 22.6 Å². The Hall–Kier alpha value is -2.32. The zero-order valence-corrected chi connectivity index (χ0v) is 15.8. The monoisotopic (exact) mass is 391 g/mol. The fourth-order valence-electron chi connectivity index (χ4n) is 3.05. The van der Waals surface area contributed by atoms with Crippen molar-refractivity contribution in [1.82, 2.24) is 20.0 Å². The molecule has 7 nitrogen and oxygen atoms in total. The van der Waals surface area contributed by atoms with Gasteiger partial charge in [-0.15, -0.1) is 0 Å². The molecule has 0 radical (unpaired) electrons. The Morgan fingerprint density at radius 2 is 2.08 bits per heavy atom. The molecule has 2 heterocycles. The normalized spacial score (nSPS) is 19.5. The van der Waals surface area contributed by atoms with E-state index in [1.165, 1.54) is 10.9 Å². The minimum Gasteiger partial charge on any atom is -0.280 e. The summed E-state index contributed by atoms with van der Waals surface area (Å²) in [4.78, 5) is 0.0850. The predicted molar refractivity (Wildman–Crippen MR) is 99.2 cm³/mol. The highest BCUT2D eigenvalue weighted by atomic mass is 35.5. The average Bonchev–Trinajstić information content (AvgIpc) is 2.97. The van der Waals surface area contributed by atoms with E-state index in [1.54, 1.807) is 31.2 Å². The zero-order chi connectivity index (χ0) is 18.5. The molecule has 3 aromatic rings. The van der Waals surface area contributed by atoms with Crippen molar-refractivity contribution in [3.05, 3.63) is 52.9 Å². The van der Waals surface area contributed by atoms with Gasteiger partial charge in [0.1, 0.15) is 4.90 Å². The number of hydrogen-bond donors (Lipinski definition) is 2. The molecule has 4 rings (SSSR count). The van der Waals surface area contributed by atoms with Gasteiger partial charge in [0.25, 0.3) is 10.0 Å². The Morgan fingerprint density at radius 1 is 1.35 bits per heavy atom. The van der Waals surface area contributed by atoms with Gasteiger partial charge in [-0.1, -0.05) is 30.7 Å². The maximum absolute atomic E-state index is 12.8. The van der Waals surface area contributed by atoms with Crippen molar-refractivity contribution in [3.8, 4) is 5.69 Å². The summed E-state index contributed by atoms with van der Waals surface area (Å²) in [5.74, 6) is 1.32. The van der Waals surface area contributed by atoms with Crippen LogP contribution in [-0.2, 0) is 10.0 Å². The van der Waals surface area contributed by atoms with Gasteiger partial charge in [-0.2, -0.15) is 10.2 Å². The molecule has 26 heavy (non-hydrogen) atoms. The van der Waals surface area contributed by atoms with Crippen LogP contribution in [0.15, 0.2) is 41.4 Å². The Labute approximate surface area is 156 Å². The van der Waals surface area contributed by atoms with E-state index in [0.717, 1.165) is 12.1 Å². The summed E-state index contributed by atoms with van der Waals surface area (Å²) in [7, 11) is -3.81. The third kappa shape index (κ3) is 2.99. The van der Waals surface area contributed by atoms with E-state index < -0.39 is 10.0 Å². The molecule has 1 aliphatic carbocycles. The SMILES string of the molecule is Cc1c(S(=O)(=O)Nc2cc(C3CC3C)[nH]n2)cnn1-c1ccccc1Cl. The highest BCUT2D eigenvalue weighted by Crippen LogP contribution is 2.46. The topological polar surface area (TPSA) is 92.7 Å². The molecule has 0 bridgehead atoms. The molecule has 0 spiro atoms. The van der Waals surface area contributed by atoms with Gasteiger partial charge in [-0.05, 0) is 31.4 Å². The molecule has 9 heteroatoms. The third-order valence-corrected chi connectivity index (χ3v) is 6.46. The first-order chi connectivity index (χ1) is 12.4. The summed E-state index contributed by atoms with van der Waals surface area (Å²) in [5, 5.41) is 11.7. The molecule has 2 N–H and O–H groups in total. The van der Waals surface area contributed by atoms with E-state index in [1.807, 2.05) is 6.07 Å². The number of aromatic nitrogens is 4. The van der Waals surface area contributed by atoms with Gasteiger partial charge in [0, 0.05) is 17.7 Å². The molecule has 2 unspecified atom stereocenters. The number of sulfonamides is 1. The van der Waals surface area contributed by atoms with Crippen molar-refractivity contribution in [3.63, 3.8) is 0 Å². The average molecular weight is 392 g/mol. The molecule has 1 saturated carbocycles. The second-order valence-electron chi connectivity index (χ2n) is 6.59. The lowest BCUT2D eigenvalue weighted by atomic mass is 10.2. The number of halogens is 1. The molecule has 0 amide bonds. The Balaban J connectivity index is 1.62. The first-order valence-corrected chi connectivity index (χ1v) is 10.1. The van der Waals surface area contributed by atoms with Crippen LogP contribution in [0.3, 0.4) is 0 Å². The van der Waals surface area contributed by atoms with Gasteiger partial charge in [0.15, 0.2) is 5.82 Å². The minimum absolute atomic E-state index is 0.0850. The number of benzene rings is 1. The number of rotatable bonds is 5. The van der Waals surface area contributed by atoms with Gasteiger partial charge in [0.2, 0.25) is 0 Å². The largest absolute Gasteiger partial charge is 0.280 e. The zero-order valence-electron chi connectivity index (χ0n) is 14.3. The van der Waals surface area contributed by atoms with Crippen LogP contribution in [0.25, 0.3) is 5.69 Å². The van der Waals surface area contributed by atoms with Crippen LogP contribution in [0.5, 0.6) is 0 Å². The second-order valence-corrected chi connectivity index (χ2v) is 8.65. The molecular formula is C17H18ClN5O2S. The number of anilines is 1. The van der Waals surface area contributed by atoms with Gasteiger partial charge in [-0.3, -0.25) is 9.82 Å². The number of hydrogen-bond acceptors (Lipinski definition) is 4. The van der Waals surface area contributed by atoms with Gasteiger partial charge in [-0.25, -0.2) is 13.1 Å². The summed E-state index contributed by atoms with van der Waals surface area (Å²) in [6, 6.07) is 8.88. The smallest absolute Gasteiger partial charge is 0.266 e. The molecule has 1 aliphatic rings. The van der Waals surface area contributed by atoms with E-state index in [2.05, 4.69) is 26.9 Å². The fourth-order valence-corrected chi connectivity index (χ4v) is 4.42. The second kappa shape index (κ2) is 6.14. The van der Waals surface area contributed by atoms with E-state index in [0.29, 0.717) is 28.2 Å². The van der Waals surface area contributed by atoms with Crippen LogP contribution < -0.4 is 4.72 Å². The summed E-state index contributed by atoms with van der Waals surface area (Å²) in [6.07, 6.45) is 2.41. The molecule has 1 fully saturated rings. The Kier molecular flexibility index (Phi) is 4.04. The lowest BCUT2D eigenvalue weighted by molar-refractivity contribution is 0.600. The summed E-state index contributed by atoms with van der Waals surface area (Å²) in [5.41, 5.74) is 2.05. The lowest BCUT2D eigenvalue weighted by Crippen LogP contribution is -2.14. The van der Waals surface area contributed by atoms with E-state index in [9.17, 15) is 8.42 Å². The van der Waals surface area contributed by atoms with E-state index in [-0.39, 0.29) is 10.7 Å². The van der Waals surface area contributed by atoms with E-state index in [4.69, 9.17) is 11.6 Å². The maximum atomic E-state index is 12.8. The Morgan fingerprint density at radius 3 is 2.77 bits per heavy atom. The number of H-pyrrole nitrogens is 1. The van der Waals surface area contributed by atoms with Crippen LogP contribution in [-0.4, -0.2) is 28.4 Å². The van der Waals surface area contributed by atoms with Gasteiger partial charge < -0.3 is 0 Å². The first-order valence-electron chi connectivity index (χ1n) is 8.24. The van der Waals surface area contributed by atoms with Crippen LogP contribution in [0.4, 0.5) is 5.82 Å². The molecule has 2 aromatic heterocycles. The third-order valence-electron chi connectivity index (χ3n) is 4.68. The van der Waals surface area contributed by atoms with Crippen molar-refractivity contribution >= 4 is 27.4 Å². The molecule has 136 valence electrons. The van der Waals surface area contributed by atoms with Crippen molar-refractivity contribution < 1.29 is 8.42 Å². The van der Waals surface area contributed by atoms with Crippen LogP contribution in [0.2, 0.25) is 5.02 Å². The van der Waals surface area contributed by atoms with Crippen molar-refractivity contribution in [2.75, 3.05) is 4.72 Å². The van der Waals surface area contributed by atoms with Crippen LogP contribution >= 0.6 is 11.6 Å². The summed E-state index contributed by atoms with van der Waals surface area (Å²) < 4.78 is 29.5. The van der Waals surface area contributed by atoms with Crippen molar-refractivity contribution in [2.45, 2.75) is 31.1 Å². The fraction of sp³-hybridized carbons (Fsp3) is 0.294. The first kappa shape index (κ1) is 17.1. The molecular weight excluding hydrogens is 374 g/mol. The van der Waals surface area contributed by atoms with Crippen molar-refractivity contribution in [1.29, 1.82) is 0 Å². The molecule has 2 atom stereocenters. The minimum atomic E-state index is -3.81. The Bertz CT molecular complexity index is 1070. The summed E-state index contributed by atoms with van der Waals surface area (Å²) in [6.45, 7) is 3.84. The maximum Gasteiger partial charge on any atom is 0.266 e. The number of nitrogens with zero attached hydrogens (tertiary/aromatic N) is 3. The van der Waals surface area contributed by atoms with E-state index >= 15 is 0 Å². The lowest BCUT2D eigenvalue weighted by Gasteiger charge is -2.08. The number of para-hydroxylation sites is 1.